The molecule has 31 heavy (non-hydrogen) atoms. The number of rotatable bonds is 7. The first-order chi connectivity index (χ1) is 15.2. The topological polar surface area (TPSA) is 114 Å². The summed E-state index contributed by atoms with van der Waals surface area (Å²) in [6.07, 6.45) is 0. The van der Waals surface area contributed by atoms with Crippen LogP contribution in [0.25, 0.3) is 17.0 Å². The number of benzene rings is 2. The highest BCUT2D eigenvalue weighted by Gasteiger charge is 2.11. The van der Waals surface area contributed by atoms with Crippen LogP contribution >= 0.6 is 0 Å². The third-order valence-corrected chi connectivity index (χ3v) is 4.46. The molecule has 1 amide bonds. The van der Waals surface area contributed by atoms with E-state index in [1.165, 1.54) is 6.07 Å². The van der Waals surface area contributed by atoms with Gasteiger partial charge in [0.25, 0.3) is 5.91 Å². The molecule has 4 aromatic rings. The first kappa shape index (κ1) is 19.8. The Morgan fingerprint density at radius 1 is 1.13 bits per heavy atom. The number of amides is 1. The van der Waals surface area contributed by atoms with Crippen molar-refractivity contribution in [3.05, 3.63) is 71.8 Å². The number of carbonyl (C=O) groups is 1. The average Bonchev–Trinajstić information content (AvgIpc) is 3.25. The predicted molar refractivity (Wildman–Crippen MR) is 112 cm³/mol. The van der Waals surface area contributed by atoms with E-state index in [0.29, 0.717) is 34.2 Å². The standard InChI is InChI=1S/C22H18N6O3/c1-30-18-7-3-5-16(13-18)21-26-25-19-8-9-20(27-28(19)21)31-11-10-24-22(29)17-6-2-4-15(12-17)14-23/h2-9,12-13H,10-11H2,1H3,(H,24,29). The van der Waals surface area contributed by atoms with E-state index in [0.717, 1.165) is 5.56 Å². The molecule has 0 saturated carbocycles. The van der Waals surface area contributed by atoms with Gasteiger partial charge < -0.3 is 14.8 Å². The Morgan fingerprint density at radius 3 is 2.84 bits per heavy atom. The fraction of sp³-hybridized carbons (Fsp3) is 0.136. The van der Waals surface area contributed by atoms with Crippen molar-refractivity contribution in [3.63, 3.8) is 0 Å². The van der Waals surface area contributed by atoms with Crippen LogP contribution in [0.5, 0.6) is 11.6 Å². The third kappa shape index (κ3) is 4.43. The molecule has 0 aliphatic heterocycles. The van der Waals surface area contributed by atoms with Crippen LogP contribution in [-0.4, -0.2) is 46.0 Å². The molecule has 0 aliphatic carbocycles. The Hall–Kier alpha value is -4.45. The second-order valence-electron chi connectivity index (χ2n) is 6.49. The van der Waals surface area contributed by atoms with Gasteiger partial charge in [-0.15, -0.1) is 15.3 Å². The van der Waals surface area contributed by atoms with Crippen molar-refractivity contribution in [2.75, 3.05) is 20.3 Å². The molecule has 9 nitrogen and oxygen atoms in total. The summed E-state index contributed by atoms with van der Waals surface area (Å²) in [5.74, 6) is 1.36. The second-order valence-corrected chi connectivity index (χ2v) is 6.49. The van der Waals surface area contributed by atoms with Gasteiger partial charge in [-0.2, -0.15) is 9.78 Å². The van der Waals surface area contributed by atoms with E-state index >= 15 is 0 Å². The normalized spacial score (nSPS) is 10.5. The molecule has 0 fully saturated rings. The summed E-state index contributed by atoms with van der Waals surface area (Å²) in [7, 11) is 1.60. The van der Waals surface area contributed by atoms with Gasteiger partial charge in [-0.3, -0.25) is 4.79 Å². The van der Waals surface area contributed by atoms with Crippen LogP contribution in [0, 0.1) is 11.3 Å². The molecule has 0 radical (unpaired) electrons. The van der Waals surface area contributed by atoms with Gasteiger partial charge in [0.2, 0.25) is 5.88 Å². The molecule has 0 bridgehead atoms. The number of aromatic nitrogens is 4. The average molecular weight is 414 g/mol. The lowest BCUT2D eigenvalue weighted by molar-refractivity contribution is 0.0946. The lowest BCUT2D eigenvalue weighted by Gasteiger charge is -2.08. The van der Waals surface area contributed by atoms with E-state index in [2.05, 4.69) is 20.6 Å². The number of carbonyl (C=O) groups excluding carboxylic acids is 1. The predicted octanol–water partition coefficient (Wildman–Crippen LogP) is 2.48. The molecule has 2 aromatic heterocycles. The Kier molecular flexibility index (Phi) is 5.71. The number of nitriles is 1. The van der Waals surface area contributed by atoms with Crippen LogP contribution < -0.4 is 14.8 Å². The quantitative estimate of drug-likeness (QED) is 0.462. The lowest BCUT2D eigenvalue weighted by atomic mass is 10.1. The molecular weight excluding hydrogens is 396 g/mol. The van der Waals surface area contributed by atoms with Crippen molar-refractivity contribution in [1.29, 1.82) is 5.26 Å². The van der Waals surface area contributed by atoms with Gasteiger partial charge in [-0.05, 0) is 36.4 Å². The number of nitrogens with zero attached hydrogens (tertiary/aromatic N) is 5. The number of hydrogen-bond acceptors (Lipinski definition) is 7. The highest BCUT2D eigenvalue weighted by atomic mass is 16.5. The van der Waals surface area contributed by atoms with Crippen molar-refractivity contribution in [1.82, 2.24) is 25.1 Å². The molecule has 0 saturated heterocycles. The number of fused-ring (bicyclic) bond motifs is 1. The molecule has 9 heteroatoms. The molecular formula is C22H18N6O3. The maximum Gasteiger partial charge on any atom is 0.251 e. The summed E-state index contributed by atoms with van der Waals surface area (Å²) in [5, 5.41) is 24.5. The molecule has 0 spiro atoms. The molecule has 2 aromatic carbocycles. The van der Waals surface area contributed by atoms with Gasteiger partial charge in [0.05, 0.1) is 25.3 Å². The Balaban J connectivity index is 1.41. The zero-order valence-corrected chi connectivity index (χ0v) is 16.6. The lowest BCUT2D eigenvalue weighted by Crippen LogP contribution is -2.28. The molecule has 0 aliphatic rings. The van der Waals surface area contributed by atoms with Crippen LogP contribution in [0.2, 0.25) is 0 Å². The molecule has 0 unspecified atom stereocenters. The Morgan fingerprint density at radius 2 is 2.00 bits per heavy atom. The molecule has 1 N–H and O–H groups in total. The number of methoxy groups -OCH3 is 1. The van der Waals surface area contributed by atoms with Crippen molar-refractivity contribution >= 4 is 11.6 Å². The molecule has 0 atom stereocenters. The SMILES string of the molecule is COc1cccc(-c2nnc3ccc(OCCNC(=O)c4cccc(C#N)c4)nn23)c1. The zero-order valence-electron chi connectivity index (χ0n) is 16.6. The minimum atomic E-state index is -0.275. The largest absolute Gasteiger partial charge is 0.497 e. The van der Waals surface area contributed by atoms with Crippen molar-refractivity contribution in [2.24, 2.45) is 0 Å². The summed E-state index contributed by atoms with van der Waals surface area (Å²) in [6.45, 7) is 0.499. The maximum atomic E-state index is 12.2. The van der Waals surface area contributed by atoms with Crippen molar-refractivity contribution < 1.29 is 14.3 Å². The van der Waals surface area contributed by atoms with E-state index in [1.807, 2.05) is 30.3 Å². The van der Waals surface area contributed by atoms with E-state index in [-0.39, 0.29) is 19.1 Å². The molecule has 154 valence electrons. The third-order valence-electron chi connectivity index (χ3n) is 4.46. The van der Waals surface area contributed by atoms with E-state index in [4.69, 9.17) is 14.7 Å². The van der Waals surface area contributed by atoms with Gasteiger partial charge in [-0.25, -0.2) is 0 Å². The van der Waals surface area contributed by atoms with Crippen LogP contribution in [0.1, 0.15) is 15.9 Å². The summed E-state index contributed by atoms with van der Waals surface area (Å²) in [6, 6.07) is 19.4. The first-order valence-corrected chi connectivity index (χ1v) is 9.46. The Bertz CT molecular complexity index is 1280. The van der Waals surface area contributed by atoms with Gasteiger partial charge in [-0.1, -0.05) is 18.2 Å². The summed E-state index contributed by atoms with van der Waals surface area (Å²) < 4.78 is 12.5. The summed E-state index contributed by atoms with van der Waals surface area (Å²) in [4.78, 5) is 12.2. The van der Waals surface area contributed by atoms with Crippen molar-refractivity contribution in [2.45, 2.75) is 0 Å². The van der Waals surface area contributed by atoms with E-state index in [9.17, 15) is 4.79 Å². The summed E-state index contributed by atoms with van der Waals surface area (Å²) >= 11 is 0. The highest BCUT2D eigenvalue weighted by molar-refractivity contribution is 5.94. The number of ether oxygens (including phenoxy) is 2. The van der Waals surface area contributed by atoms with Crippen LogP contribution in [-0.2, 0) is 0 Å². The van der Waals surface area contributed by atoms with Gasteiger partial charge in [0.1, 0.15) is 12.4 Å². The monoisotopic (exact) mass is 414 g/mol. The smallest absolute Gasteiger partial charge is 0.251 e. The van der Waals surface area contributed by atoms with Gasteiger partial charge >= 0.3 is 0 Å². The fourth-order valence-corrected chi connectivity index (χ4v) is 2.94. The second kappa shape index (κ2) is 8.92. The Labute approximate surface area is 177 Å². The van der Waals surface area contributed by atoms with Gasteiger partial charge in [0, 0.05) is 17.2 Å². The van der Waals surface area contributed by atoms with Gasteiger partial charge in [0.15, 0.2) is 11.5 Å². The van der Waals surface area contributed by atoms with E-state index < -0.39 is 0 Å². The van der Waals surface area contributed by atoms with Crippen LogP contribution in [0.3, 0.4) is 0 Å². The zero-order chi connectivity index (χ0) is 21.6. The fourth-order valence-electron chi connectivity index (χ4n) is 2.94. The minimum absolute atomic E-state index is 0.221. The minimum Gasteiger partial charge on any atom is -0.497 e. The van der Waals surface area contributed by atoms with E-state index in [1.54, 1.807) is 42.0 Å². The highest BCUT2D eigenvalue weighted by Crippen LogP contribution is 2.23. The molecule has 2 heterocycles. The molecule has 4 rings (SSSR count). The number of hydrogen-bond donors (Lipinski definition) is 1. The number of nitrogens with one attached hydrogen (secondary N) is 1. The van der Waals surface area contributed by atoms with Crippen LogP contribution in [0.15, 0.2) is 60.7 Å². The van der Waals surface area contributed by atoms with Crippen molar-refractivity contribution in [3.8, 4) is 29.1 Å². The van der Waals surface area contributed by atoms with Crippen LogP contribution in [0.4, 0.5) is 0 Å². The maximum absolute atomic E-state index is 12.2. The first-order valence-electron chi connectivity index (χ1n) is 9.46. The summed E-state index contributed by atoms with van der Waals surface area (Å²) in [5.41, 5.74) is 2.24.